The number of hydrogen-bond acceptors (Lipinski definition) is 3. The number of fused-ring (bicyclic) bond motifs is 1. The number of aromatic nitrogens is 2. The maximum absolute atomic E-state index is 12.5. The molecule has 27 heavy (non-hydrogen) atoms. The molecule has 1 aliphatic rings. The summed E-state index contributed by atoms with van der Waals surface area (Å²) in [5.74, 6) is 0.603. The van der Waals surface area contributed by atoms with Gasteiger partial charge >= 0.3 is 0 Å². The highest BCUT2D eigenvalue weighted by molar-refractivity contribution is 7.99. The lowest BCUT2D eigenvalue weighted by atomic mass is 10.1. The Kier molecular flexibility index (Phi) is 8.06. The number of para-hydroxylation sites is 2. The fraction of sp³-hybridized carbons (Fsp3) is 0.636. The van der Waals surface area contributed by atoms with Crippen molar-refractivity contribution >= 4 is 28.7 Å². The standard InChI is InChI=1S/C22H33N3OS/c1-2-3-4-11-16-25-20-15-10-9-14-19(20)24-22(25)27-17-21(26)23-18-12-7-5-6-8-13-18/h9-10,14-15,18H,2-8,11-13,16-17H2,1H3,(H,23,26). The summed E-state index contributed by atoms with van der Waals surface area (Å²) in [4.78, 5) is 17.2. The minimum Gasteiger partial charge on any atom is -0.353 e. The Morgan fingerprint density at radius 2 is 1.93 bits per heavy atom. The molecule has 0 spiro atoms. The van der Waals surface area contributed by atoms with Crippen molar-refractivity contribution in [3.63, 3.8) is 0 Å². The second-order valence-electron chi connectivity index (χ2n) is 7.64. The number of unbranched alkanes of at least 4 members (excludes halogenated alkanes) is 3. The van der Waals surface area contributed by atoms with Crippen molar-refractivity contribution < 1.29 is 4.79 Å². The van der Waals surface area contributed by atoms with Gasteiger partial charge in [0.05, 0.1) is 16.8 Å². The number of amides is 1. The molecule has 0 unspecified atom stereocenters. The van der Waals surface area contributed by atoms with E-state index in [0.717, 1.165) is 36.5 Å². The highest BCUT2D eigenvalue weighted by atomic mass is 32.2. The van der Waals surface area contributed by atoms with Crippen molar-refractivity contribution in [1.29, 1.82) is 0 Å². The molecule has 1 amide bonds. The first kappa shape index (κ1) is 20.2. The van der Waals surface area contributed by atoms with Gasteiger partial charge in [-0.1, -0.05) is 75.8 Å². The molecule has 1 fully saturated rings. The summed E-state index contributed by atoms with van der Waals surface area (Å²) in [5, 5.41) is 4.22. The van der Waals surface area contributed by atoms with Crippen LogP contribution >= 0.6 is 11.8 Å². The molecule has 1 heterocycles. The number of nitrogens with one attached hydrogen (secondary N) is 1. The smallest absolute Gasteiger partial charge is 0.230 e. The summed E-state index contributed by atoms with van der Waals surface area (Å²) in [7, 11) is 0. The van der Waals surface area contributed by atoms with E-state index in [1.165, 1.54) is 50.5 Å². The van der Waals surface area contributed by atoms with E-state index in [1.54, 1.807) is 11.8 Å². The average Bonchev–Trinajstić information content (AvgIpc) is 2.83. The fourth-order valence-electron chi connectivity index (χ4n) is 3.90. The Bertz CT molecular complexity index is 719. The zero-order valence-corrected chi connectivity index (χ0v) is 17.4. The maximum atomic E-state index is 12.5. The monoisotopic (exact) mass is 387 g/mol. The third kappa shape index (κ3) is 6.00. The van der Waals surface area contributed by atoms with Gasteiger partial charge in [-0.15, -0.1) is 0 Å². The van der Waals surface area contributed by atoms with Crippen LogP contribution in [0.5, 0.6) is 0 Å². The van der Waals surface area contributed by atoms with E-state index in [0.29, 0.717) is 11.8 Å². The minimum atomic E-state index is 0.150. The summed E-state index contributed by atoms with van der Waals surface area (Å²) in [6.07, 6.45) is 12.3. The van der Waals surface area contributed by atoms with Gasteiger partial charge in [0.25, 0.3) is 0 Å². The van der Waals surface area contributed by atoms with Crippen LogP contribution < -0.4 is 5.32 Å². The molecule has 5 heteroatoms. The zero-order valence-electron chi connectivity index (χ0n) is 16.6. The van der Waals surface area contributed by atoms with Gasteiger partial charge in [-0.25, -0.2) is 4.98 Å². The van der Waals surface area contributed by atoms with Crippen LogP contribution in [0.25, 0.3) is 11.0 Å². The van der Waals surface area contributed by atoms with E-state index in [1.807, 2.05) is 6.07 Å². The van der Waals surface area contributed by atoms with E-state index in [9.17, 15) is 4.79 Å². The van der Waals surface area contributed by atoms with E-state index < -0.39 is 0 Å². The molecule has 1 aliphatic carbocycles. The molecular formula is C22H33N3OS. The van der Waals surface area contributed by atoms with Gasteiger partial charge in [-0.3, -0.25) is 4.79 Å². The van der Waals surface area contributed by atoms with Crippen LogP contribution in [0.3, 0.4) is 0 Å². The maximum Gasteiger partial charge on any atom is 0.230 e. The van der Waals surface area contributed by atoms with Gasteiger partial charge < -0.3 is 9.88 Å². The molecule has 0 radical (unpaired) electrons. The molecule has 1 saturated carbocycles. The first-order valence-corrected chi connectivity index (χ1v) is 11.6. The van der Waals surface area contributed by atoms with Crippen LogP contribution in [0.2, 0.25) is 0 Å². The molecule has 0 aliphatic heterocycles. The Hall–Kier alpha value is -1.49. The number of carbonyl (C=O) groups excluding carboxylic acids is 1. The molecule has 3 rings (SSSR count). The molecular weight excluding hydrogens is 354 g/mol. The van der Waals surface area contributed by atoms with Crippen molar-refractivity contribution in [2.45, 2.75) is 88.9 Å². The van der Waals surface area contributed by atoms with Crippen LogP contribution in [-0.4, -0.2) is 27.3 Å². The predicted molar refractivity (Wildman–Crippen MR) is 114 cm³/mol. The predicted octanol–water partition coefficient (Wildman–Crippen LogP) is 5.55. The van der Waals surface area contributed by atoms with Crippen molar-refractivity contribution in [3.8, 4) is 0 Å². The number of imidazole rings is 1. The highest BCUT2D eigenvalue weighted by Crippen LogP contribution is 2.25. The van der Waals surface area contributed by atoms with Gasteiger partial charge in [-0.2, -0.15) is 0 Å². The summed E-state index contributed by atoms with van der Waals surface area (Å²) in [6, 6.07) is 8.67. The average molecular weight is 388 g/mol. The summed E-state index contributed by atoms with van der Waals surface area (Å²) in [5.41, 5.74) is 2.21. The van der Waals surface area contributed by atoms with E-state index in [4.69, 9.17) is 4.98 Å². The largest absolute Gasteiger partial charge is 0.353 e. The molecule has 4 nitrogen and oxygen atoms in total. The lowest BCUT2D eigenvalue weighted by molar-refractivity contribution is -0.119. The van der Waals surface area contributed by atoms with E-state index in [2.05, 4.69) is 35.0 Å². The normalized spacial score (nSPS) is 15.7. The number of benzene rings is 1. The third-order valence-electron chi connectivity index (χ3n) is 5.41. The minimum absolute atomic E-state index is 0.150. The van der Waals surface area contributed by atoms with Crippen LogP contribution in [0.1, 0.15) is 71.1 Å². The summed E-state index contributed by atoms with van der Waals surface area (Å²) >= 11 is 1.58. The molecule has 0 saturated heterocycles. The molecule has 1 N–H and O–H groups in total. The third-order valence-corrected chi connectivity index (χ3v) is 6.38. The topological polar surface area (TPSA) is 46.9 Å². The van der Waals surface area contributed by atoms with Crippen LogP contribution in [-0.2, 0) is 11.3 Å². The molecule has 1 aromatic carbocycles. The van der Waals surface area contributed by atoms with Crippen LogP contribution in [0.4, 0.5) is 0 Å². The van der Waals surface area contributed by atoms with Gasteiger partial charge in [-0.05, 0) is 31.4 Å². The Labute approximate surface area is 167 Å². The Morgan fingerprint density at radius 3 is 2.70 bits per heavy atom. The number of hydrogen-bond donors (Lipinski definition) is 1. The molecule has 0 bridgehead atoms. The number of thioether (sulfide) groups is 1. The summed E-state index contributed by atoms with van der Waals surface area (Å²) in [6.45, 7) is 3.22. The number of carbonyl (C=O) groups is 1. The van der Waals surface area contributed by atoms with Crippen LogP contribution in [0, 0.1) is 0 Å². The molecule has 148 valence electrons. The highest BCUT2D eigenvalue weighted by Gasteiger charge is 2.16. The number of rotatable bonds is 9. The van der Waals surface area contributed by atoms with Crippen molar-refractivity contribution in [2.75, 3.05) is 5.75 Å². The second kappa shape index (κ2) is 10.7. The first-order chi connectivity index (χ1) is 13.3. The van der Waals surface area contributed by atoms with E-state index >= 15 is 0 Å². The van der Waals surface area contributed by atoms with E-state index in [-0.39, 0.29) is 5.91 Å². The molecule has 0 atom stereocenters. The Morgan fingerprint density at radius 1 is 1.15 bits per heavy atom. The van der Waals surface area contributed by atoms with Gasteiger partial charge in [0.2, 0.25) is 5.91 Å². The SMILES string of the molecule is CCCCCCn1c(SCC(=O)NC2CCCCCC2)nc2ccccc21. The number of nitrogens with zero attached hydrogens (tertiary/aromatic N) is 2. The van der Waals surface area contributed by atoms with Gasteiger partial charge in [0.15, 0.2) is 5.16 Å². The molecule has 2 aromatic rings. The second-order valence-corrected chi connectivity index (χ2v) is 8.58. The van der Waals surface area contributed by atoms with Crippen molar-refractivity contribution in [3.05, 3.63) is 24.3 Å². The summed E-state index contributed by atoms with van der Waals surface area (Å²) < 4.78 is 2.30. The van der Waals surface area contributed by atoms with Gasteiger partial charge in [0, 0.05) is 12.6 Å². The zero-order chi connectivity index (χ0) is 18.9. The number of aryl methyl sites for hydroxylation is 1. The van der Waals surface area contributed by atoms with Crippen molar-refractivity contribution in [1.82, 2.24) is 14.9 Å². The lowest BCUT2D eigenvalue weighted by Crippen LogP contribution is -2.35. The fourth-order valence-corrected chi connectivity index (χ4v) is 4.75. The van der Waals surface area contributed by atoms with Crippen LogP contribution in [0.15, 0.2) is 29.4 Å². The lowest BCUT2D eigenvalue weighted by Gasteiger charge is -2.16. The Balaban J connectivity index is 1.60. The molecule has 1 aromatic heterocycles. The van der Waals surface area contributed by atoms with Gasteiger partial charge in [0.1, 0.15) is 0 Å². The first-order valence-electron chi connectivity index (χ1n) is 10.7. The van der Waals surface area contributed by atoms with Crippen molar-refractivity contribution in [2.24, 2.45) is 0 Å². The quantitative estimate of drug-likeness (QED) is 0.349.